The Morgan fingerprint density at radius 2 is 1.96 bits per heavy atom. The molecule has 1 atom stereocenters. The lowest BCUT2D eigenvalue weighted by molar-refractivity contribution is 0.631. The normalized spacial score (nSPS) is 12.9. The summed E-state index contributed by atoms with van der Waals surface area (Å²) in [5.74, 6) is 0.861. The molecule has 1 unspecified atom stereocenters. The van der Waals surface area contributed by atoms with Gasteiger partial charge in [-0.1, -0.05) is 30.3 Å². The average Bonchev–Trinajstić information content (AvgIpc) is 2.84. The van der Waals surface area contributed by atoms with Gasteiger partial charge in [-0.3, -0.25) is 9.67 Å². The molecule has 25 heavy (non-hydrogen) atoms. The Balaban J connectivity index is 1.77. The zero-order valence-corrected chi connectivity index (χ0v) is 16.1. The molecule has 0 aliphatic rings. The minimum atomic E-state index is 0.293. The average molecular weight is 342 g/mol. The molecular formula is C20H31N5. The summed E-state index contributed by atoms with van der Waals surface area (Å²) in [6.45, 7) is 7.29. The topological polar surface area (TPSA) is 54.2 Å². The van der Waals surface area contributed by atoms with E-state index in [1.807, 2.05) is 18.8 Å². The van der Waals surface area contributed by atoms with Crippen LogP contribution in [-0.2, 0) is 19.9 Å². The Labute approximate surface area is 151 Å². The number of nitrogens with one attached hydrogen (secondary N) is 2. The molecule has 0 aliphatic carbocycles. The van der Waals surface area contributed by atoms with Crippen molar-refractivity contribution in [1.29, 1.82) is 0 Å². The van der Waals surface area contributed by atoms with Crippen molar-refractivity contribution in [3.63, 3.8) is 0 Å². The second kappa shape index (κ2) is 9.25. The van der Waals surface area contributed by atoms with Gasteiger partial charge in [0.05, 0.1) is 5.69 Å². The van der Waals surface area contributed by atoms with E-state index in [9.17, 15) is 0 Å². The van der Waals surface area contributed by atoms with Crippen LogP contribution in [0.5, 0.6) is 0 Å². The summed E-state index contributed by atoms with van der Waals surface area (Å²) in [4.78, 5) is 4.34. The van der Waals surface area contributed by atoms with E-state index in [2.05, 4.69) is 71.8 Å². The predicted octanol–water partition coefficient (Wildman–Crippen LogP) is 2.77. The number of aryl methyl sites for hydroxylation is 3. The molecule has 2 aromatic rings. The molecule has 5 heteroatoms. The fourth-order valence-corrected chi connectivity index (χ4v) is 3.04. The van der Waals surface area contributed by atoms with Crippen LogP contribution >= 0.6 is 0 Å². The fraction of sp³-hybridized carbons (Fsp3) is 0.500. The predicted molar refractivity (Wildman–Crippen MR) is 105 cm³/mol. The van der Waals surface area contributed by atoms with E-state index in [4.69, 9.17) is 0 Å². The molecule has 1 heterocycles. The number of aliphatic imine (C=N–C) groups is 1. The number of hydrogen-bond donors (Lipinski definition) is 2. The summed E-state index contributed by atoms with van der Waals surface area (Å²) in [7, 11) is 3.82. The van der Waals surface area contributed by atoms with Crippen molar-refractivity contribution in [3.05, 3.63) is 52.8 Å². The Hall–Kier alpha value is -2.30. The molecule has 1 aromatic carbocycles. The van der Waals surface area contributed by atoms with Gasteiger partial charge in [0.15, 0.2) is 5.96 Å². The third-order valence-corrected chi connectivity index (χ3v) is 4.55. The van der Waals surface area contributed by atoms with Crippen molar-refractivity contribution in [2.24, 2.45) is 12.0 Å². The van der Waals surface area contributed by atoms with E-state index in [-0.39, 0.29) is 0 Å². The first-order chi connectivity index (χ1) is 12.0. The summed E-state index contributed by atoms with van der Waals surface area (Å²) in [6.07, 6.45) is 3.10. The molecule has 1 aromatic heterocycles. The van der Waals surface area contributed by atoms with Crippen LogP contribution in [-0.4, -0.2) is 35.4 Å². The van der Waals surface area contributed by atoms with Gasteiger partial charge < -0.3 is 10.6 Å². The van der Waals surface area contributed by atoms with Gasteiger partial charge >= 0.3 is 0 Å². The number of rotatable bonds is 7. The van der Waals surface area contributed by atoms with Gasteiger partial charge in [0.2, 0.25) is 0 Å². The lowest BCUT2D eigenvalue weighted by Gasteiger charge is -2.18. The SMILES string of the molecule is CN=C(NCCCc1ccccc1)NC(C)Cc1c(C)nn(C)c1C. The van der Waals surface area contributed by atoms with Crippen LogP contribution in [0.4, 0.5) is 0 Å². The minimum Gasteiger partial charge on any atom is -0.356 e. The molecule has 136 valence electrons. The van der Waals surface area contributed by atoms with Crippen molar-refractivity contribution in [2.75, 3.05) is 13.6 Å². The maximum atomic E-state index is 4.50. The van der Waals surface area contributed by atoms with E-state index < -0.39 is 0 Å². The highest BCUT2D eigenvalue weighted by Gasteiger charge is 2.13. The lowest BCUT2D eigenvalue weighted by atomic mass is 10.1. The molecule has 2 N–H and O–H groups in total. The highest BCUT2D eigenvalue weighted by atomic mass is 15.3. The monoisotopic (exact) mass is 341 g/mol. The Kier molecular flexibility index (Phi) is 7.04. The first-order valence-electron chi connectivity index (χ1n) is 9.01. The van der Waals surface area contributed by atoms with E-state index in [0.717, 1.165) is 37.5 Å². The van der Waals surface area contributed by atoms with Gasteiger partial charge in [0, 0.05) is 32.4 Å². The molecule has 0 spiro atoms. The van der Waals surface area contributed by atoms with Crippen LogP contribution < -0.4 is 10.6 Å². The fourth-order valence-electron chi connectivity index (χ4n) is 3.04. The number of hydrogen-bond acceptors (Lipinski definition) is 2. The maximum absolute atomic E-state index is 4.50. The van der Waals surface area contributed by atoms with Crippen LogP contribution in [0.25, 0.3) is 0 Å². The number of aromatic nitrogens is 2. The minimum absolute atomic E-state index is 0.293. The molecule has 0 bridgehead atoms. The van der Waals surface area contributed by atoms with E-state index in [0.29, 0.717) is 6.04 Å². The molecule has 0 amide bonds. The van der Waals surface area contributed by atoms with Crippen LogP contribution in [0.2, 0.25) is 0 Å². The van der Waals surface area contributed by atoms with Crippen molar-refractivity contribution >= 4 is 5.96 Å². The first kappa shape index (κ1) is 19.0. The maximum Gasteiger partial charge on any atom is 0.191 e. The number of nitrogens with zero attached hydrogens (tertiary/aromatic N) is 3. The van der Waals surface area contributed by atoms with Crippen molar-refractivity contribution in [3.8, 4) is 0 Å². The summed E-state index contributed by atoms with van der Waals surface area (Å²) in [5, 5.41) is 11.4. The highest BCUT2D eigenvalue weighted by molar-refractivity contribution is 5.79. The number of benzene rings is 1. The quantitative estimate of drug-likeness (QED) is 0.462. The third kappa shape index (κ3) is 5.62. The summed E-state index contributed by atoms with van der Waals surface area (Å²) >= 11 is 0. The van der Waals surface area contributed by atoms with Crippen LogP contribution in [0.3, 0.4) is 0 Å². The molecule has 0 fully saturated rings. The Morgan fingerprint density at radius 3 is 2.56 bits per heavy atom. The van der Waals surface area contributed by atoms with E-state index >= 15 is 0 Å². The van der Waals surface area contributed by atoms with Gasteiger partial charge in [-0.15, -0.1) is 0 Å². The standard InChI is InChI=1S/C20H31N5/c1-15(14-19-16(2)24-25(5)17(19)3)23-20(21-4)22-13-9-12-18-10-7-6-8-11-18/h6-8,10-11,15H,9,12-14H2,1-5H3,(H2,21,22,23). The van der Waals surface area contributed by atoms with Gasteiger partial charge in [-0.05, 0) is 51.2 Å². The second-order valence-corrected chi connectivity index (χ2v) is 6.61. The van der Waals surface area contributed by atoms with Crippen LogP contribution in [0, 0.1) is 13.8 Å². The molecule has 2 rings (SSSR count). The first-order valence-corrected chi connectivity index (χ1v) is 9.01. The van der Waals surface area contributed by atoms with E-state index in [1.165, 1.54) is 16.8 Å². The Morgan fingerprint density at radius 1 is 1.24 bits per heavy atom. The largest absolute Gasteiger partial charge is 0.356 e. The van der Waals surface area contributed by atoms with Crippen molar-refractivity contribution in [1.82, 2.24) is 20.4 Å². The van der Waals surface area contributed by atoms with E-state index in [1.54, 1.807) is 0 Å². The molecule has 5 nitrogen and oxygen atoms in total. The zero-order valence-electron chi connectivity index (χ0n) is 16.1. The summed E-state index contributed by atoms with van der Waals surface area (Å²) in [6, 6.07) is 10.9. The highest BCUT2D eigenvalue weighted by Crippen LogP contribution is 2.14. The third-order valence-electron chi connectivity index (χ3n) is 4.55. The van der Waals surface area contributed by atoms with Gasteiger partial charge in [0.25, 0.3) is 0 Å². The summed E-state index contributed by atoms with van der Waals surface area (Å²) in [5.41, 5.74) is 5.04. The lowest BCUT2D eigenvalue weighted by Crippen LogP contribution is -2.43. The van der Waals surface area contributed by atoms with Crippen molar-refractivity contribution in [2.45, 2.75) is 46.1 Å². The van der Waals surface area contributed by atoms with Gasteiger partial charge in [0.1, 0.15) is 0 Å². The smallest absolute Gasteiger partial charge is 0.191 e. The van der Waals surface area contributed by atoms with Gasteiger partial charge in [-0.2, -0.15) is 5.10 Å². The molecule has 0 saturated heterocycles. The Bertz CT molecular complexity index is 688. The molecule has 0 aliphatic heterocycles. The zero-order chi connectivity index (χ0) is 18.2. The van der Waals surface area contributed by atoms with Crippen molar-refractivity contribution < 1.29 is 0 Å². The van der Waals surface area contributed by atoms with Crippen LogP contribution in [0.15, 0.2) is 35.3 Å². The molecular weight excluding hydrogens is 310 g/mol. The summed E-state index contributed by atoms with van der Waals surface area (Å²) < 4.78 is 1.95. The van der Waals surface area contributed by atoms with Crippen LogP contribution in [0.1, 0.15) is 35.9 Å². The molecule has 0 saturated carbocycles. The number of guanidine groups is 1. The molecule has 0 radical (unpaired) electrons. The second-order valence-electron chi connectivity index (χ2n) is 6.61. The van der Waals surface area contributed by atoms with Gasteiger partial charge in [-0.25, -0.2) is 0 Å².